The van der Waals surface area contributed by atoms with Gasteiger partial charge in [-0.1, -0.05) is 0 Å². The molecule has 2 aromatic rings. The molecule has 0 saturated heterocycles. The maximum atomic E-state index is 13.1. The number of fused-ring (bicyclic) bond motifs is 1. The highest BCUT2D eigenvalue weighted by Crippen LogP contribution is 2.40. The Morgan fingerprint density at radius 1 is 1.14 bits per heavy atom. The van der Waals surface area contributed by atoms with Crippen molar-refractivity contribution < 1.29 is 32.6 Å². The van der Waals surface area contributed by atoms with Crippen LogP contribution in [0.1, 0.15) is 5.56 Å². The summed E-state index contributed by atoms with van der Waals surface area (Å²) in [6.07, 6.45) is 2.78. The second kappa shape index (κ2) is 9.05. The van der Waals surface area contributed by atoms with Crippen molar-refractivity contribution in [2.45, 2.75) is 0 Å². The average Bonchev–Trinajstić information content (AvgIpc) is 2.72. The van der Waals surface area contributed by atoms with E-state index < -0.39 is 23.4 Å². The predicted molar refractivity (Wildman–Crippen MR) is 101 cm³/mol. The van der Waals surface area contributed by atoms with E-state index in [0.717, 1.165) is 12.1 Å². The van der Waals surface area contributed by atoms with Crippen molar-refractivity contribution in [1.29, 1.82) is 0 Å². The van der Waals surface area contributed by atoms with Gasteiger partial charge in [0.2, 0.25) is 17.6 Å². The van der Waals surface area contributed by atoms with E-state index in [9.17, 15) is 18.4 Å². The van der Waals surface area contributed by atoms with Crippen LogP contribution in [0, 0.1) is 11.6 Å². The molecule has 2 amide bonds. The second-order valence-electron chi connectivity index (χ2n) is 5.98. The summed E-state index contributed by atoms with van der Waals surface area (Å²) in [7, 11) is 1.50. The molecule has 152 valence electrons. The summed E-state index contributed by atoms with van der Waals surface area (Å²) in [5.74, 6) is -1.69. The molecule has 7 nitrogen and oxygen atoms in total. The van der Waals surface area contributed by atoms with Crippen molar-refractivity contribution in [2.75, 3.05) is 32.2 Å². The van der Waals surface area contributed by atoms with Crippen molar-refractivity contribution >= 4 is 23.6 Å². The highest BCUT2D eigenvalue weighted by molar-refractivity contribution is 5.98. The number of anilines is 1. The molecule has 0 aromatic heterocycles. The van der Waals surface area contributed by atoms with Crippen LogP contribution in [-0.2, 0) is 9.59 Å². The number of hydrogen-bond acceptors (Lipinski definition) is 5. The third-order valence-electron chi connectivity index (χ3n) is 3.90. The Balaban J connectivity index is 1.55. The van der Waals surface area contributed by atoms with Crippen LogP contribution in [0.15, 0.2) is 36.4 Å². The third-order valence-corrected chi connectivity index (χ3v) is 3.90. The molecule has 0 bridgehead atoms. The first-order valence-corrected chi connectivity index (χ1v) is 8.64. The Labute approximate surface area is 165 Å². The number of nitrogens with one attached hydrogen (secondary N) is 2. The summed E-state index contributed by atoms with van der Waals surface area (Å²) in [5, 5.41) is 4.75. The monoisotopic (exact) mass is 404 g/mol. The molecule has 0 radical (unpaired) electrons. The molecular weight excluding hydrogens is 386 g/mol. The summed E-state index contributed by atoms with van der Waals surface area (Å²) in [6, 6.07) is 6.36. The lowest BCUT2D eigenvalue weighted by atomic mass is 10.1. The van der Waals surface area contributed by atoms with E-state index in [4.69, 9.17) is 14.2 Å². The number of halogens is 2. The minimum absolute atomic E-state index is 0.0852. The quantitative estimate of drug-likeness (QED) is 0.723. The highest BCUT2D eigenvalue weighted by atomic mass is 19.2. The Bertz CT molecular complexity index is 945. The zero-order chi connectivity index (χ0) is 20.8. The topological polar surface area (TPSA) is 85.9 Å². The van der Waals surface area contributed by atoms with Crippen LogP contribution >= 0.6 is 0 Å². The van der Waals surface area contributed by atoms with Crippen molar-refractivity contribution in [3.63, 3.8) is 0 Å². The fourth-order valence-electron chi connectivity index (χ4n) is 2.57. The number of hydrogen-bond donors (Lipinski definition) is 2. The molecule has 3 rings (SSSR count). The minimum Gasteiger partial charge on any atom is -0.493 e. The Morgan fingerprint density at radius 2 is 1.93 bits per heavy atom. The first-order valence-electron chi connectivity index (χ1n) is 8.64. The number of carbonyl (C=O) groups excluding carboxylic acids is 2. The first kappa shape index (κ1) is 20.1. The SMILES string of the molecule is COc1cc(/C=C/C(=O)NCC(=O)Nc2ccc(F)c(F)c2)cc2c1OCCO2. The molecule has 9 heteroatoms. The molecule has 0 saturated carbocycles. The molecule has 1 aliphatic heterocycles. The lowest BCUT2D eigenvalue weighted by Crippen LogP contribution is -2.31. The van der Waals surface area contributed by atoms with Gasteiger partial charge in [0.05, 0.1) is 13.7 Å². The fraction of sp³-hybridized carbons (Fsp3) is 0.200. The van der Waals surface area contributed by atoms with E-state index in [-0.39, 0.29) is 12.2 Å². The van der Waals surface area contributed by atoms with Gasteiger partial charge in [0.1, 0.15) is 13.2 Å². The number of amides is 2. The molecule has 29 heavy (non-hydrogen) atoms. The lowest BCUT2D eigenvalue weighted by molar-refractivity contribution is -0.121. The zero-order valence-corrected chi connectivity index (χ0v) is 15.5. The molecule has 1 heterocycles. The number of methoxy groups -OCH3 is 1. The van der Waals surface area contributed by atoms with E-state index in [1.165, 1.54) is 25.3 Å². The highest BCUT2D eigenvalue weighted by Gasteiger charge is 2.17. The van der Waals surface area contributed by atoms with Crippen LogP contribution in [0.4, 0.5) is 14.5 Å². The largest absolute Gasteiger partial charge is 0.493 e. The number of rotatable bonds is 6. The van der Waals surface area contributed by atoms with E-state index in [2.05, 4.69) is 10.6 Å². The van der Waals surface area contributed by atoms with Crippen LogP contribution in [0.25, 0.3) is 6.08 Å². The van der Waals surface area contributed by atoms with Gasteiger partial charge in [0.15, 0.2) is 23.1 Å². The third kappa shape index (κ3) is 5.22. The van der Waals surface area contributed by atoms with Gasteiger partial charge in [0.25, 0.3) is 0 Å². The molecule has 0 fully saturated rings. The fourth-order valence-corrected chi connectivity index (χ4v) is 2.57. The minimum atomic E-state index is -1.08. The zero-order valence-electron chi connectivity index (χ0n) is 15.5. The number of benzene rings is 2. The van der Waals surface area contributed by atoms with E-state index in [1.807, 2.05) is 0 Å². The smallest absolute Gasteiger partial charge is 0.244 e. The summed E-state index contributed by atoms with van der Waals surface area (Å²) >= 11 is 0. The van der Waals surface area contributed by atoms with Gasteiger partial charge in [-0.2, -0.15) is 0 Å². The van der Waals surface area contributed by atoms with Gasteiger partial charge >= 0.3 is 0 Å². The lowest BCUT2D eigenvalue weighted by Gasteiger charge is -2.20. The normalized spacial score (nSPS) is 12.5. The maximum absolute atomic E-state index is 13.1. The van der Waals surface area contributed by atoms with Crippen molar-refractivity contribution in [3.05, 3.63) is 53.6 Å². The summed E-state index contributed by atoms with van der Waals surface area (Å²) in [4.78, 5) is 23.8. The molecule has 2 aromatic carbocycles. The number of carbonyl (C=O) groups is 2. The molecule has 0 unspecified atom stereocenters. The summed E-state index contributed by atoms with van der Waals surface area (Å²) < 4.78 is 42.3. The average molecular weight is 404 g/mol. The standard InChI is InChI=1S/C20H18F2N2O5/c1-27-16-8-12(9-17-20(16)29-7-6-28-17)2-5-18(25)23-11-19(26)24-13-3-4-14(21)15(22)10-13/h2-5,8-10H,6-7,11H2,1H3,(H,23,25)(H,24,26)/b5-2+. The molecule has 0 spiro atoms. The van der Waals surface area contributed by atoms with Crippen molar-refractivity contribution in [1.82, 2.24) is 5.32 Å². The molecule has 2 N–H and O–H groups in total. The van der Waals surface area contributed by atoms with E-state index in [1.54, 1.807) is 12.1 Å². The predicted octanol–water partition coefficient (Wildman–Crippen LogP) is 2.51. The first-order chi connectivity index (χ1) is 14.0. The van der Waals surface area contributed by atoms with Crippen LogP contribution < -0.4 is 24.8 Å². The van der Waals surface area contributed by atoms with Crippen LogP contribution in [0.3, 0.4) is 0 Å². The van der Waals surface area contributed by atoms with Crippen LogP contribution in [0.2, 0.25) is 0 Å². The Kier molecular flexibility index (Phi) is 6.28. The Morgan fingerprint density at radius 3 is 2.69 bits per heavy atom. The van der Waals surface area contributed by atoms with Gasteiger partial charge in [0, 0.05) is 17.8 Å². The van der Waals surface area contributed by atoms with Gasteiger partial charge in [-0.15, -0.1) is 0 Å². The Hall–Kier alpha value is -3.62. The van der Waals surface area contributed by atoms with E-state index >= 15 is 0 Å². The molecular formula is C20H18F2N2O5. The van der Waals surface area contributed by atoms with Gasteiger partial charge in [-0.25, -0.2) is 8.78 Å². The second-order valence-corrected chi connectivity index (χ2v) is 5.98. The summed E-state index contributed by atoms with van der Waals surface area (Å²) in [6.45, 7) is 0.497. The van der Waals surface area contributed by atoms with Gasteiger partial charge in [-0.3, -0.25) is 9.59 Å². The van der Waals surface area contributed by atoms with Crippen LogP contribution in [-0.4, -0.2) is 38.7 Å². The van der Waals surface area contributed by atoms with Crippen molar-refractivity contribution in [3.8, 4) is 17.2 Å². The van der Waals surface area contributed by atoms with Crippen LogP contribution in [0.5, 0.6) is 17.2 Å². The van der Waals surface area contributed by atoms with E-state index in [0.29, 0.717) is 36.0 Å². The van der Waals surface area contributed by atoms with Gasteiger partial charge in [-0.05, 0) is 35.9 Å². The maximum Gasteiger partial charge on any atom is 0.244 e. The number of ether oxygens (including phenoxy) is 3. The summed E-state index contributed by atoms with van der Waals surface area (Å²) in [5.41, 5.74) is 0.731. The van der Waals surface area contributed by atoms with Gasteiger partial charge < -0.3 is 24.8 Å². The van der Waals surface area contributed by atoms with Crippen molar-refractivity contribution in [2.24, 2.45) is 0 Å². The molecule has 1 aliphatic rings. The molecule has 0 atom stereocenters. The molecule has 0 aliphatic carbocycles.